The maximum Gasteiger partial charge on any atom is 0.329 e. The molecule has 7 heteroatoms. The molecule has 0 aliphatic heterocycles. The van der Waals surface area contributed by atoms with E-state index in [4.69, 9.17) is 9.15 Å². The van der Waals surface area contributed by atoms with Crippen LogP contribution in [0.1, 0.15) is 41.7 Å². The molecule has 2 aromatic heterocycles. The van der Waals surface area contributed by atoms with Gasteiger partial charge in [0.2, 0.25) is 5.78 Å². The Labute approximate surface area is 162 Å². The highest BCUT2D eigenvalue weighted by Gasteiger charge is 2.30. The lowest BCUT2D eigenvalue weighted by Crippen LogP contribution is -2.46. The van der Waals surface area contributed by atoms with Crippen molar-refractivity contribution < 1.29 is 23.5 Å². The van der Waals surface area contributed by atoms with Crippen molar-refractivity contribution in [3.8, 4) is 0 Å². The summed E-state index contributed by atoms with van der Waals surface area (Å²) in [4.78, 5) is 40.6. The number of amides is 1. The first-order chi connectivity index (χ1) is 13.4. The fourth-order valence-corrected chi connectivity index (χ4v) is 2.91. The number of hydrogen-bond acceptors (Lipinski definition) is 5. The molecule has 1 amide bonds. The second-order valence-corrected chi connectivity index (χ2v) is 6.86. The van der Waals surface area contributed by atoms with Gasteiger partial charge in [-0.2, -0.15) is 0 Å². The Morgan fingerprint density at radius 3 is 2.50 bits per heavy atom. The van der Waals surface area contributed by atoms with Gasteiger partial charge < -0.3 is 19.5 Å². The molecule has 146 valence electrons. The molecule has 0 fully saturated rings. The van der Waals surface area contributed by atoms with Crippen LogP contribution < -0.4 is 5.32 Å². The zero-order valence-electron chi connectivity index (χ0n) is 15.9. The van der Waals surface area contributed by atoms with Crippen LogP contribution in [0.2, 0.25) is 0 Å². The summed E-state index contributed by atoms with van der Waals surface area (Å²) in [7, 11) is 0. The minimum absolute atomic E-state index is 0.0985. The maximum atomic E-state index is 12.8. The number of para-hydroxylation sites is 1. The van der Waals surface area contributed by atoms with E-state index in [9.17, 15) is 14.4 Å². The van der Waals surface area contributed by atoms with Gasteiger partial charge in [0.25, 0.3) is 5.91 Å². The van der Waals surface area contributed by atoms with Crippen molar-refractivity contribution in [3.63, 3.8) is 0 Å². The van der Waals surface area contributed by atoms with Crippen LogP contribution in [0, 0.1) is 5.92 Å². The second-order valence-electron chi connectivity index (χ2n) is 6.86. The molecule has 0 radical (unpaired) electrons. The SMILES string of the molecule is CC(C)[C@@H](NC(=O)c1ccco1)C(=O)O[C@H](C)C(=O)c1c[nH]c2ccccc12. The Bertz CT molecular complexity index is 987. The number of rotatable bonds is 7. The summed E-state index contributed by atoms with van der Waals surface area (Å²) in [5.41, 5.74) is 1.28. The highest BCUT2D eigenvalue weighted by Crippen LogP contribution is 2.20. The van der Waals surface area contributed by atoms with Crippen molar-refractivity contribution in [2.75, 3.05) is 0 Å². The van der Waals surface area contributed by atoms with E-state index in [0.29, 0.717) is 5.56 Å². The number of H-pyrrole nitrogens is 1. The molecule has 7 nitrogen and oxygen atoms in total. The minimum atomic E-state index is -0.992. The first-order valence-corrected chi connectivity index (χ1v) is 9.03. The molecule has 0 unspecified atom stereocenters. The predicted octanol–water partition coefficient (Wildman–Crippen LogP) is 3.33. The van der Waals surface area contributed by atoms with Crippen LogP contribution in [0.5, 0.6) is 0 Å². The summed E-state index contributed by atoms with van der Waals surface area (Å²) < 4.78 is 10.4. The van der Waals surface area contributed by atoms with Gasteiger partial charge >= 0.3 is 5.97 Å². The molecule has 1 aromatic carbocycles. The molecule has 28 heavy (non-hydrogen) atoms. The number of aromatic nitrogens is 1. The zero-order valence-corrected chi connectivity index (χ0v) is 15.9. The second kappa shape index (κ2) is 8.12. The third-order valence-electron chi connectivity index (χ3n) is 4.47. The molecule has 0 aliphatic carbocycles. The van der Waals surface area contributed by atoms with Gasteiger partial charge in [0.15, 0.2) is 11.9 Å². The Morgan fingerprint density at radius 1 is 1.07 bits per heavy atom. The number of nitrogens with one attached hydrogen (secondary N) is 2. The van der Waals surface area contributed by atoms with E-state index < -0.39 is 24.0 Å². The van der Waals surface area contributed by atoms with Gasteiger partial charge in [-0.25, -0.2) is 4.79 Å². The van der Waals surface area contributed by atoms with Crippen molar-refractivity contribution in [2.24, 2.45) is 5.92 Å². The standard InChI is InChI=1S/C21H22N2O5/c1-12(2)18(23-20(25)17-9-6-10-27-17)21(26)28-13(3)19(24)15-11-22-16-8-5-4-7-14(15)16/h4-13,18,22H,1-3H3,(H,23,25)/t13-,18-/m1/s1. The van der Waals surface area contributed by atoms with Crippen molar-refractivity contribution in [1.82, 2.24) is 10.3 Å². The molecular formula is C21H22N2O5. The average Bonchev–Trinajstić information content (AvgIpc) is 3.34. The number of fused-ring (bicyclic) bond motifs is 1. The van der Waals surface area contributed by atoms with Gasteiger partial charge in [-0.1, -0.05) is 32.0 Å². The molecule has 3 aromatic rings. The van der Waals surface area contributed by atoms with Gasteiger partial charge in [-0.05, 0) is 31.0 Å². The fraction of sp³-hybridized carbons (Fsp3) is 0.286. The molecule has 2 atom stereocenters. The summed E-state index contributed by atoms with van der Waals surface area (Å²) in [6, 6.07) is 9.57. The number of carbonyl (C=O) groups excluding carboxylic acids is 3. The predicted molar refractivity (Wildman–Crippen MR) is 103 cm³/mol. The van der Waals surface area contributed by atoms with Gasteiger partial charge in [0.1, 0.15) is 6.04 Å². The number of benzene rings is 1. The maximum absolute atomic E-state index is 12.8. The van der Waals surface area contributed by atoms with E-state index in [1.165, 1.54) is 19.3 Å². The molecule has 3 rings (SSSR count). The van der Waals surface area contributed by atoms with E-state index in [-0.39, 0.29) is 17.5 Å². The number of ketones is 1. The number of esters is 1. The number of Topliss-reactive ketones (excluding diaryl/α,β-unsaturated/α-hetero) is 1. The van der Waals surface area contributed by atoms with Crippen LogP contribution in [-0.4, -0.2) is 34.8 Å². The van der Waals surface area contributed by atoms with Crippen molar-refractivity contribution in [1.29, 1.82) is 0 Å². The average molecular weight is 382 g/mol. The highest BCUT2D eigenvalue weighted by atomic mass is 16.5. The first-order valence-electron chi connectivity index (χ1n) is 9.03. The molecule has 2 N–H and O–H groups in total. The monoisotopic (exact) mass is 382 g/mol. The summed E-state index contributed by atoms with van der Waals surface area (Å²) >= 11 is 0. The number of carbonyl (C=O) groups is 3. The van der Waals surface area contributed by atoms with Crippen LogP contribution in [0.25, 0.3) is 10.9 Å². The van der Waals surface area contributed by atoms with Crippen LogP contribution in [0.3, 0.4) is 0 Å². The third-order valence-corrected chi connectivity index (χ3v) is 4.47. The normalized spacial score (nSPS) is 13.3. The van der Waals surface area contributed by atoms with Crippen LogP contribution in [0.4, 0.5) is 0 Å². The number of hydrogen-bond donors (Lipinski definition) is 2. The highest BCUT2D eigenvalue weighted by molar-refractivity contribution is 6.10. The molecular weight excluding hydrogens is 360 g/mol. The molecule has 0 saturated heterocycles. The minimum Gasteiger partial charge on any atom is -0.459 e. The summed E-state index contributed by atoms with van der Waals surface area (Å²) in [6.45, 7) is 5.08. The van der Waals surface area contributed by atoms with Gasteiger partial charge in [0, 0.05) is 22.7 Å². The van der Waals surface area contributed by atoms with E-state index in [1.54, 1.807) is 26.1 Å². The zero-order chi connectivity index (χ0) is 20.3. The van der Waals surface area contributed by atoms with E-state index in [2.05, 4.69) is 10.3 Å². The largest absolute Gasteiger partial charge is 0.459 e. The van der Waals surface area contributed by atoms with Gasteiger partial charge in [-0.15, -0.1) is 0 Å². The molecule has 2 heterocycles. The molecule has 0 spiro atoms. The summed E-state index contributed by atoms with van der Waals surface area (Å²) in [5.74, 6) is -1.64. The third kappa shape index (κ3) is 3.98. The Balaban J connectivity index is 1.70. The topological polar surface area (TPSA) is 101 Å². The van der Waals surface area contributed by atoms with Gasteiger partial charge in [0.05, 0.1) is 6.26 Å². The Morgan fingerprint density at radius 2 is 1.82 bits per heavy atom. The fourth-order valence-electron chi connectivity index (χ4n) is 2.91. The van der Waals surface area contributed by atoms with E-state index in [1.807, 2.05) is 24.3 Å². The van der Waals surface area contributed by atoms with Crippen LogP contribution in [-0.2, 0) is 9.53 Å². The summed E-state index contributed by atoms with van der Waals surface area (Å²) in [6.07, 6.45) is 1.99. The lowest BCUT2D eigenvalue weighted by molar-refractivity contribution is -0.149. The van der Waals surface area contributed by atoms with Crippen LogP contribution >= 0.6 is 0 Å². The van der Waals surface area contributed by atoms with Crippen molar-refractivity contribution in [3.05, 3.63) is 60.2 Å². The molecule has 0 bridgehead atoms. The lowest BCUT2D eigenvalue weighted by Gasteiger charge is -2.22. The Kier molecular flexibility index (Phi) is 5.63. The first kappa shape index (κ1) is 19.4. The lowest BCUT2D eigenvalue weighted by atomic mass is 10.0. The van der Waals surface area contributed by atoms with E-state index in [0.717, 1.165) is 10.9 Å². The molecule has 0 saturated carbocycles. The number of furan rings is 1. The van der Waals surface area contributed by atoms with Gasteiger partial charge in [-0.3, -0.25) is 9.59 Å². The van der Waals surface area contributed by atoms with Crippen molar-refractivity contribution >= 4 is 28.6 Å². The number of aromatic amines is 1. The van der Waals surface area contributed by atoms with E-state index >= 15 is 0 Å². The Hall–Kier alpha value is -3.35. The van der Waals surface area contributed by atoms with Crippen LogP contribution in [0.15, 0.2) is 53.3 Å². The quantitative estimate of drug-likeness (QED) is 0.482. The smallest absolute Gasteiger partial charge is 0.329 e. The number of ether oxygens (including phenoxy) is 1. The molecule has 0 aliphatic rings. The summed E-state index contributed by atoms with van der Waals surface area (Å²) in [5, 5.41) is 3.37. The van der Waals surface area contributed by atoms with Crippen molar-refractivity contribution in [2.45, 2.75) is 32.9 Å².